The second-order valence-electron chi connectivity index (χ2n) is 5.84. The minimum atomic E-state index is -0.276. The number of nitrogens with zero attached hydrogens (tertiary/aromatic N) is 1. The molecule has 5 heteroatoms. The molecule has 2 saturated carbocycles. The number of Topliss-reactive ketones (excluding diaryl/α,β-unsaturated/α-hetero) is 1. The summed E-state index contributed by atoms with van der Waals surface area (Å²) >= 11 is 0. The van der Waals surface area contributed by atoms with Crippen LogP contribution in [0.1, 0.15) is 38.5 Å². The first kappa shape index (κ1) is 13.1. The predicted molar refractivity (Wildman–Crippen MR) is 69.7 cm³/mol. The summed E-state index contributed by atoms with van der Waals surface area (Å²) in [5, 5.41) is 3.04. The van der Waals surface area contributed by atoms with Crippen LogP contribution in [0, 0.1) is 0 Å². The first-order valence-corrected chi connectivity index (χ1v) is 7.42. The molecule has 2 atom stereocenters. The standard InChI is InChI=1S/C14H22N2O3/c17-13-4-2-1-3-11(13)16-7-8-19-9-12(16)14(18)15-10-5-6-10/h10-12H,1-9H2,(H,15,18). The molecule has 106 valence electrons. The Bertz CT molecular complexity index is 368. The van der Waals surface area contributed by atoms with Crippen molar-refractivity contribution in [2.75, 3.05) is 19.8 Å². The van der Waals surface area contributed by atoms with E-state index in [-0.39, 0.29) is 18.0 Å². The van der Waals surface area contributed by atoms with E-state index in [0.29, 0.717) is 38.0 Å². The van der Waals surface area contributed by atoms with Crippen molar-refractivity contribution in [2.45, 2.75) is 56.7 Å². The molecule has 0 bridgehead atoms. The highest BCUT2D eigenvalue weighted by Gasteiger charge is 2.39. The average molecular weight is 266 g/mol. The van der Waals surface area contributed by atoms with Crippen molar-refractivity contribution in [3.8, 4) is 0 Å². The maximum atomic E-state index is 12.3. The van der Waals surface area contributed by atoms with Gasteiger partial charge in [0.15, 0.2) is 0 Å². The van der Waals surface area contributed by atoms with Crippen LogP contribution in [-0.4, -0.2) is 54.5 Å². The van der Waals surface area contributed by atoms with E-state index in [9.17, 15) is 9.59 Å². The Morgan fingerprint density at radius 3 is 2.84 bits per heavy atom. The van der Waals surface area contributed by atoms with Gasteiger partial charge in [-0.2, -0.15) is 0 Å². The lowest BCUT2D eigenvalue weighted by atomic mass is 9.91. The number of hydrogen-bond donors (Lipinski definition) is 1. The number of carbonyl (C=O) groups is 2. The van der Waals surface area contributed by atoms with E-state index in [0.717, 1.165) is 32.1 Å². The summed E-state index contributed by atoms with van der Waals surface area (Å²) < 4.78 is 5.45. The summed E-state index contributed by atoms with van der Waals surface area (Å²) in [7, 11) is 0. The van der Waals surface area contributed by atoms with Gasteiger partial charge < -0.3 is 10.1 Å². The van der Waals surface area contributed by atoms with Crippen LogP contribution in [0.5, 0.6) is 0 Å². The third-order valence-corrected chi connectivity index (χ3v) is 4.32. The Balaban J connectivity index is 1.68. The van der Waals surface area contributed by atoms with E-state index in [2.05, 4.69) is 10.2 Å². The van der Waals surface area contributed by atoms with E-state index in [1.54, 1.807) is 0 Å². The molecule has 0 aromatic heterocycles. The first-order valence-electron chi connectivity index (χ1n) is 7.42. The topological polar surface area (TPSA) is 58.6 Å². The Morgan fingerprint density at radius 1 is 1.26 bits per heavy atom. The largest absolute Gasteiger partial charge is 0.378 e. The molecular weight excluding hydrogens is 244 g/mol. The predicted octanol–water partition coefficient (Wildman–Crippen LogP) is 0.478. The van der Waals surface area contributed by atoms with E-state index >= 15 is 0 Å². The summed E-state index contributed by atoms with van der Waals surface area (Å²) in [5.74, 6) is 0.345. The van der Waals surface area contributed by atoms with Crippen molar-refractivity contribution in [1.29, 1.82) is 0 Å². The van der Waals surface area contributed by atoms with Crippen LogP contribution in [0.3, 0.4) is 0 Å². The van der Waals surface area contributed by atoms with Gasteiger partial charge in [0.1, 0.15) is 11.8 Å². The molecule has 1 saturated heterocycles. The lowest BCUT2D eigenvalue weighted by Gasteiger charge is -2.40. The zero-order chi connectivity index (χ0) is 13.2. The number of ketones is 1. The molecule has 3 rings (SSSR count). The van der Waals surface area contributed by atoms with Gasteiger partial charge in [-0.3, -0.25) is 14.5 Å². The maximum Gasteiger partial charge on any atom is 0.239 e. The number of amides is 1. The number of hydrogen-bond acceptors (Lipinski definition) is 4. The molecule has 1 N–H and O–H groups in total. The minimum absolute atomic E-state index is 0.0422. The fourth-order valence-corrected chi connectivity index (χ4v) is 3.06. The Morgan fingerprint density at radius 2 is 2.11 bits per heavy atom. The molecule has 0 spiro atoms. The second-order valence-corrected chi connectivity index (χ2v) is 5.84. The number of morpholine rings is 1. The van der Waals surface area contributed by atoms with E-state index in [1.807, 2.05) is 0 Å². The van der Waals surface area contributed by atoms with Gasteiger partial charge in [-0.05, 0) is 25.7 Å². The van der Waals surface area contributed by atoms with Gasteiger partial charge in [-0.15, -0.1) is 0 Å². The van der Waals surface area contributed by atoms with Gasteiger partial charge in [0.25, 0.3) is 0 Å². The Kier molecular flexibility index (Phi) is 3.84. The van der Waals surface area contributed by atoms with E-state index in [4.69, 9.17) is 4.74 Å². The third kappa shape index (κ3) is 2.98. The lowest BCUT2D eigenvalue weighted by molar-refractivity contribution is -0.140. The molecule has 3 fully saturated rings. The van der Waals surface area contributed by atoms with Crippen LogP contribution in [-0.2, 0) is 14.3 Å². The maximum absolute atomic E-state index is 12.3. The van der Waals surface area contributed by atoms with Crippen LogP contribution in [0.2, 0.25) is 0 Å². The monoisotopic (exact) mass is 266 g/mol. The molecular formula is C14H22N2O3. The van der Waals surface area contributed by atoms with Crippen molar-refractivity contribution in [3.05, 3.63) is 0 Å². The van der Waals surface area contributed by atoms with Crippen molar-refractivity contribution < 1.29 is 14.3 Å². The van der Waals surface area contributed by atoms with E-state index in [1.165, 1.54) is 0 Å². The van der Waals surface area contributed by atoms with Crippen molar-refractivity contribution in [3.63, 3.8) is 0 Å². The highest BCUT2D eigenvalue weighted by molar-refractivity contribution is 5.87. The normalized spacial score (nSPS) is 33.2. The van der Waals surface area contributed by atoms with Crippen LogP contribution in [0.25, 0.3) is 0 Å². The highest BCUT2D eigenvalue weighted by Crippen LogP contribution is 2.24. The van der Waals surface area contributed by atoms with Gasteiger partial charge in [-0.1, -0.05) is 6.42 Å². The van der Waals surface area contributed by atoms with Crippen molar-refractivity contribution in [1.82, 2.24) is 10.2 Å². The summed E-state index contributed by atoms with van der Waals surface area (Å²) in [5.41, 5.74) is 0. The quantitative estimate of drug-likeness (QED) is 0.807. The molecule has 1 aliphatic heterocycles. The zero-order valence-corrected chi connectivity index (χ0v) is 11.3. The van der Waals surface area contributed by atoms with Crippen molar-refractivity contribution >= 4 is 11.7 Å². The Labute approximate surface area is 113 Å². The van der Waals surface area contributed by atoms with Crippen LogP contribution < -0.4 is 5.32 Å². The second kappa shape index (κ2) is 5.59. The molecule has 1 heterocycles. The molecule has 19 heavy (non-hydrogen) atoms. The smallest absolute Gasteiger partial charge is 0.239 e. The number of rotatable bonds is 3. The summed E-state index contributed by atoms with van der Waals surface area (Å²) in [4.78, 5) is 26.4. The number of ether oxygens (including phenoxy) is 1. The molecule has 2 unspecified atom stereocenters. The first-order chi connectivity index (χ1) is 9.25. The average Bonchev–Trinajstić information content (AvgIpc) is 3.23. The van der Waals surface area contributed by atoms with Crippen LogP contribution in [0.4, 0.5) is 0 Å². The van der Waals surface area contributed by atoms with Gasteiger partial charge in [0.05, 0.1) is 19.3 Å². The fraction of sp³-hybridized carbons (Fsp3) is 0.857. The number of carbonyl (C=O) groups excluding carboxylic acids is 2. The number of nitrogens with one attached hydrogen (secondary N) is 1. The van der Waals surface area contributed by atoms with Gasteiger partial charge in [-0.25, -0.2) is 0 Å². The minimum Gasteiger partial charge on any atom is -0.378 e. The summed E-state index contributed by atoms with van der Waals surface area (Å²) in [6.45, 7) is 1.73. The highest BCUT2D eigenvalue weighted by atomic mass is 16.5. The van der Waals surface area contributed by atoms with Gasteiger partial charge in [0.2, 0.25) is 5.91 Å². The fourth-order valence-electron chi connectivity index (χ4n) is 3.06. The molecule has 5 nitrogen and oxygen atoms in total. The molecule has 1 amide bonds. The summed E-state index contributed by atoms with van der Waals surface area (Å²) in [6.07, 6.45) is 5.82. The Hall–Kier alpha value is -0.940. The SMILES string of the molecule is O=C1CCCCC1N1CCOCC1C(=O)NC1CC1. The zero-order valence-electron chi connectivity index (χ0n) is 11.3. The van der Waals surface area contributed by atoms with Crippen LogP contribution in [0.15, 0.2) is 0 Å². The van der Waals surface area contributed by atoms with Gasteiger partial charge >= 0.3 is 0 Å². The molecule has 0 aromatic carbocycles. The molecule has 0 aromatic rings. The molecule has 0 radical (unpaired) electrons. The molecule has 3 aliphatic rings. The summed E-state index contributed by atoms with van der Waals surface area (Å²) in [6, 6.07) is 0.0207. The van der Waals surface area contributed by atoms with E-state index < -0.39 is 0 Å². The van der Waals surface area contributed by atoms with Crippen molar-refractivity contribution in [2.24, 2.45) is 0 Å². The molecule has 2 aliphatic carbocycles. The lowest BCUT2D eigenvalue weighted by Crippen LogP contribution is -2.59. The van der Waals surface area contributed by atoms with Gasteiger partial charge in [0, 0.05) is 19.0 Å². The van der Waals surface area contributed by atoms with Crippen LogP contribution >= 0.6 is 0 Å². The third-order valence-electron chi connectivity index (χ3n) is 4.32.